The van der Waals surface area contributed by atoms with Crippen LogP contribution in [0.2, 0.25) is 0 Å². The zero-order chi connectivity index (χ0) is 17.2. The van der Waals surface area contributed by atoms with Crippen molar-refractivity contribution in [3.05, 3.63) is 48.2 Å². The summed E-state index contributed by atoms with van der Waals surface area (Å²) in [7, 11) is 0. The summed E-state index contributed by atoms with van der Waals surface area (Å²) in [6, 6.07) is 8.14. The number of amides is 1. The Morgan fingerprint density at radius 3 is 2.84 bits per heavy atom. The van der Waals surface area contributed by atoms with Crippen LogP contribution in [0.25, 0.3) is 21.7 Å². The van der Waals surface area contributed by atoms with E-state index in [2.05, 4.69) is 33.8 Å². The summed E-state index contributed by atoms with van der Waals surface area (Å²) < 4.78 is 1.98. The lowest BCUT2D eigenvalue weighted by Crippen LogP contribution is -2.29. The number of carbonyl (C=O) groups excluding carboxylic acids is 1. The van der Waals surface area contributed by atoms with Gasteiger partial charge in [-0.1, -0.05) is 13.0 Å². The number of nitrogens with one attached hydrogen (secondary N) is 1. The zero-order valence-corrected chi connectivity index (χ0v) is 14.9. The number of aromatic nitrogens is 3. The molecule has 0 radical (unpaired) electrons. The number of carbonyl (C=O) groups is 1. The maximum absolute atomic E-state index is 12.0. The third-order valence-corrected chi connectivity index (χ3v) is 5.53. The number of hydrogen-bond donors (Lipinski definition) is 1. The Balaban J connectivity index is 1.55. The Bertz CT molecular complexity index is 857. The van der Waals surface area contributed by atoms with Crippen LogP contribution in [0, 0.1) is 11.8 Å². The molecule has 1 saturated carbocycles. The van der Waals surface area contributed by atoms with Gasteiger partial charge in [0.25, 0.3) is 0 Å². The van der Waals surface area contributed by atoms with Gasteiger partial charge in [-0.05, 0) is 41.5 Å². The zero-order valence-electron chi connectivity index (χ0n) is 14.1. The third kappa shape index (κ3) is 3.35. The first kappa shape index (κ1) is 16.0. The SMILES string of the molecule is C[C@@H]1C[C@@H]1C(=O)NCCn1ncc(-c2ccncc2)c1-c1cccs1. The lowest BCUT2D eigenvalue weighted by atomic mass is 10.1. The van der Waals surface area contributed by atoms with E-state index in [-0.39, 0.29) is 11.8 Å². The molecule has 1 aliphatic rings. The van der Waals surface area contributed by atoms with Gasteiger partial charge in [0, 0.05) is 30.4 Å². The summed E-state index contributed by atoms with van der Waals surface area (Å²) in [5.41, 5.74) is 3.28. The highest BCUT2D eigenvalue weighted by Crippen LogP contribution is 2.37. The van der Waals surface area contributed by atoms with Gasteiger partial charge < -0.3 is 5.32 Å². The summed E-state index contributed by atoms with van der Waals surface area (Å²) >= 11 is 1.69. The van der Waals surface area contributed by atoms with E-state index >= 15 is 0 Å². The number of hydrogen-bond acceptors (Lipinski definition) is 4. The minimum absolute atomic E-state index is 0.173. The van der Waals surface area contributed by atoms with Crippen LogP contribution in [-0.2, 0) is 11.3 Å². The van der Waals surface area contributed by atoms with Gasteiger partial charge in [-0.3, -0.25) is 14.5 Å². The predicted molar refractivity (Wildman–Crippen MR) is 99.1 cm³/mol. The topological polar surface area (TPSA) is 59.8 Å². The summed E-state index contributed by atoms with van der Waals surface area (Å²) in [6.45, 7) is 3.37. The molecule has 0 spiro atoms. The van der Waals surface area contributed by atoms with Gasteiger partial charge >= 0.3 is 0 Å². The van der Waals surface area contributed by atoms with Crippen LogP contribution in [-0.4, -0.2) is 27.2 Å². The van der Waals surface area contributed by atoms with Crippen molar-refractivity contribution in [2.45, 2.75) is 19.9 Å². The van der Waals surface area contributed by atoms with Gasteiger partial charge in [0.15, 0.2) is 0 Å². The molecule has 6 heteroatoms. The van der Waals surface area contributed by atoms with Gasteiger partial charge in [0.05, 0.1) is 23.3 Å². The Morgan fingerprint density at radius 2 is 2.16 bits per heavy atom. The quantitative estimate of drug-likeness (QED) is 0.739. The van der Waals surface area contributed by atoms with E-state index in [4.69, 9.17) is 0 Å². The maximum atomic E-state index is 12.0. The molecule has 128 valence electrons. The fourth-order valence-corrected chi connectivity index (χ4v) is 3.86. The van der Waals surface area contributed by atoms with Crippen LogP contribution < -0.4 is 5.32 Å². The van der Waals surface area contributed by atoms with Crippen molar-refractivity contribution < 1.29 is 4.79 Å². The molecule has 3 aromatic rings. The summed E-state index contributed by atoms with van der Waals surface area (Å²) in [6.07, 6.45) is 6.50. The molecule has 0 saturated heterocycles. The van der Waals surface area contributed by atoms with E-state index in [1.807, 2.05) is 29.1 Å². The van der Waals surface area contributed by atoms with Crippen molar-refractivity contribution in [3.8, 4) is 21.7 Å². The molecular formula is C19H20N4OS. The lowest BCUT2D eigenvalue weighted by Gasteiger charge is -2.10. The smallest absolute Gasteiger partial charge is 0.223 e. The van der Waals surface area contributed by atoms with Crippen molar-refractivity contribution in [2.24, 2.45) is 11.8 Å². The Kier molecular flexibility index (Phi) is 4.36. The van der Waals surface area contributed by atoms with Crippen molar-refractivity contribution in [2.75, 3.05) is 6.54 Å². The molecule has 1 fully saturated rings. The van der Waals surface area contributed by atoms with Crippen LogP contribution >= 0.6 is 11.3 Å². The van der Waals surface area contributed by atoms with Gasteiger partial charge in [0.2, 0.25) is 5.91 Å². The first-order valence-electron chi connectivity index (χ1n) is 8.52. The highest BCUT2D eigenvalue weighted by atomic mass is 32.1. The van der Waals surface area contributed by atoms with Crippen molar-refractivity contribution in [3.63, 3.8) is 0 Å². The summed E-state index contributed by atoms with van der Waals surface area (Å²) in [4.78, 5) is 17.3. The van der Waals surface area contributed by atoms with Crippen LogP contribution in [0.4, 0.5) is 0 Å². The van der Waals surface area contributed by atoms with Crippen molar-refractivity contribution in [1.29, 1.82) is 0 Å². The van der Waals surface area contributed by atoms with E-state index in [1.165, 1.54) is 4.88 Å². The molecule has 0 unspecified atom stereocenters. The largest absolute Gasteiger partial charge is 0.354 e. The monoisotopic (exact) mass is 352 g/mol. The normalized spacial score (nSPS) is 18.9. The second-order valence-corrected chi connectivity index (χ2v) is 7.40. The van der Waals surface area contributed by atoms with Gasteiger partial charge in [-0.2, -0.15) is 5.10 Å². The number of nitrogens with zero attached hydrogens (tertiary/aromatic N) is 3. The molecule has 1 amide bonds. The first-order valence-corrected chi connectivity index (χ1v) is 9.40. The fourth-order valence-electron chi connectivity index (χ4n) is 3.07. The average molecular weight is 352 g/mol. The lowest BCUT2D eigenvalue weighted by molar-refractivity contribution is -0.122. The highest BCUT2D eigenvalue weighted by Gasteiger charge is 2.38. The number of pyridine rings is 1. The highest BCUT2D eigenvalue weighted by molar-refractivity contribution is 7.13. The molecule has 0 aromatic carbocycles. The van der Waals surface area contributed by atoms with E-state index < -0.39 is 0 Å². The molecule has 3 heterocycles. The molecule has 0 bridgehead atoms. The minimum atomic E-state index is 0.173. The van der Waals surface area contributed by atoms with Crippen LogP contribution in [0.5, 0.6) is 0 Å². The van der Waals surface area contributed by atoms with E-state index in [0.717, 1.165) is 23.2 Å². The van der Waals surface area contributed by atoms with Crippen molar-refractivity contribution in [1.82, 2.24) is 20.1 Å². The second kappa shape index (κ2) is 6.80. The molecule has 0 aliphatic heterocycles. The van der Waals surface area contributed by atoms with E-state index in [9.17, 15) is 4.79 Å². The van der Waals surface area contributed by atoms with Gasteiger partial charge in [-0.15, -0.1) is 11.3 Å². The van der Waals surface area contributed by atoms with Crippen LogP contribution in [0.1, 0.15) is 13.3 Å². The van der Waals surface area contributed by atoms with E-state index in [1.54, 1.807) is 23.7 Å². The molecule has 4 rings (SSSR count). The molecule has 5 nitrogen and oxygen atoms in total. The predicted octanol–water partition coefficient (Wildman–Crippen LogP) is 3.45. The first-order chi connectivity index (χ1) is 12.2. The Morgan fingerprint density at radius 1 is 1.36 bits per heavy atom. The van der Waals surface area contributed by atoms with E-state index in [0.29, 0.717) is 19.0 Å². The number of rotatable bonds is 6. The fraction of sp³-hybridized carbons (Fsp3) is 0.316. The van der Waals surface area contributed by atoms with Gasteiger partial charge in [-0.25, -0.2) is 0 Å². The summed E-state index contributed by atoms with van der Waals surface area (Å²) in [5, 5.41) is 9.68. The van der Waals surface area contributed by atoms with Crippen molar-refractivity contribution >= 4 is 17.2 Å². The maximum Gasteiger partial charge on any atom is 0.223 e. The molecule has 1 aliphatic carbocycles. The summed E-state index contributed by atoms with van der Waals surface area (Å²) in [5.74, 6) is 0.915. The molecule has 25 heavy (non-hydrogen) atoms. The average Bonchev–Trinajstić information content (AvgIpc) is 3.04. The van der Waals surface area contributed by atoms with Crippen LogP contribution in [0.3, 0.4) is 0 Å². The Labute approximate surface area is 150 Å². The second-order valence-electron chi connectivity index (χ2n) is 6.45. The molecule has 3 aromatic heterocycles. The molecule has 1 N–H and O–H groups in total. The minimum Gasteiger partial charge on any atom is -0.354 e. The third-order valence-electron chi connectivity index (χ3n) is 4.65. The number of thiophene rings is 1. The van der Waals surface area contributed by atoms with Gasteiger partial charge in [0.1, 0.15) is 0 Å². The van der Waals surface area contributed by atoms with Crippen LogP contribution in [0.15, 0.2) is 48.2 Å². The molecule has 2 atom stereocenters. The standard InChI is InChI=1S/C19H20N4OS/c1-13-11-15(13)19(24)21-8-9-23-18(17-3-2-10-25-17)16(12-22-23)14-4-6-20-7-5-14/h2-7,10,12-13,15H,8-9,11H2,1H3,(H,21,24)/t13-,15+/m1/s1. The Hall–Kier alpha value is -2.47. The molecular weight excluding hydrogens is 332 g/mol.